The second-order valence-electron chi connectivity index (χ2n) is 8.75. The van der Waals surface area contributed by atoms with Gasteiger partial charge in [-0.3, -0.25) is 34.2 Å². The molecule has 0 aliphatic carbocycles. The number of anilines is 1. The first-order valence-electron chi connectivity index (χ1n) is 11.4. The summed E-state index contributed by atoms with van der Waals surface area (Å²) in [6.45, 7) is 3.10. The molecule has 3 aromatic rings. The molecule has 0 unspecified atom stereocenters. The number of amides is 4. The maximum absolute atomic E-state index is 13.5. The van der Waals surface area contributed by atoms with Crippen LogP contribution in [0.4, 0.5) is 11.4 Å². The van der Waals surface area contributed by atoms with E-state index in [4.69, 9.17) is 0 Å². The Morgan fingerprint density at radius 2 is 1.46 bits per heavy atom. The fourth-order valence-corrected chi connectivity index (χ4v) is 4.31. The molecule has 0 spiro atoms. The average Bonchev–Trinajstić information content (AvgIpc) is 3.11. The molecular weight excluding hydrogens is 476 g/mol. The molecular formula is C27H24N4O6. The fourth-order valence-electron chi connectivity index (χ4n) is 4.31. The van der Waals surface area contributed by atoms with E-state index in [0.717, 1.165) is 20.9 Å². The molecule has 1 atom stereocenters. The van der Waals surface area contributed by atoms with E-state index >= 15 is 0 Å². The minimum atomic E-state index is -1.19. The van der Waals surface area contributed by atoms with Crippen molar-refractivity contribution < 1.29 is 24.1 Å². The zero-order valence-corrected chi connectivity index (χ0v) is 20.4. The molecule has 188 valence electrons. The van der Waals surface area contributed by atoms with Gasteiger partial charge in [-0.05, 0) is 54.8 Å². The fraction of sp³-hybridized carbons (Fsp3) is 0.185. The number of benzene rings is 3. The van der Waals surface area contributed by atoms with Crippen molar-refractivity contribution in [3.63, 3.8) is 0 Å². The van der Waals surface area contributed by atoms with E-state index in [0.29, 0.717) is 11.3 Å². The maximum Gasteiger partial charge on any atom is 0.269 e. The zero-order chi connectivity index (χ0) is 26.9. The Labute approximate surface area is 212 Å². The summed E-state index contributed by atoms with van der Waals surface area (Å²) < 4.78 is 0. The summed E-state index contributed by atoms with van der Waals surface area (Å²) in [7, 11) is 1.39. The van der Waals surface area contributed by atoms with Gasteiger partial charge in [-0.2, -0.15) is 0 Å². The highest BCUT2D eigenvalue weighted by molar-refractivity contribution is 6.22. The van der Waals surface area contributed by atoms with Crippen LogP contribution in [0, 0.1) is 24.0 Å². The largest absolute Gasteiger partial charge is 0.328 e. The molecule has 0 saturated heterocycles. The summed E-state index contributed by atoms with van der Waals surface area (Å²) in [6.07, 6.45) is 0. The zero-order valence-electron chi connectivity index (χ0n) is 20.4. The van der Waals surface area contributed by atoms with Gasteiger partial charge in [-0.15, -0.1) is 0 Å². The lowest BCUT2D eigenvalue weighted by Gasteiger charge is -2.29. The van der Waals surface area contributed by atoms with E-state index in [1.165, 1.54) is 43.4 Å². The van der Waals surface area contributed by atoms with Crippen LogP contribution in [0.2, 0.25) is 0 Å². The number of nitro benzene ring substituents is 1. The van der Waals surface area contributed by atoms with Crippen LogP contribution in [0.15, 0.2) is 66.7 Å². The first kappa shape index (κ1) is 25.2. The van der Waals surface area contributed by atoms with Crippen LogP contribution in [-0.2, 0) is 9.59 Å². The summed E-state index contributed by atoms with van der Waals surface area (Å²) in [5.74, 6) is -2.39. The Morgan fingerprint density at radius 1 is 0.919 bits per heavy atom. The van der Waals surface area contributed by atoms with Crippen LogP contribution in [0.25, 0.3) is 0 Å². The number of aryl methyl sites for hydroxylation is 2. The van der Waals surface area contributed by atoms with Crippen LogP contribution < -0.4 is 5.32 Å². The summed E-state index contributed by atoms with van der Waals surface area (Å²) >= 11 is 0. The second-order valence-corrected chi connectivity index (χ2v) is 8.75. The highest BCUT2D eigenvalue weighted by Crippen LogP contribution is 2.28. The van der Waals surface area contributed by atoms with Crippen molar-refractivity contribution in [3.05, 3.63) is 105 Å². The lowest BCUT2D eigenvalue weighted by atomic mass is 10.0. The van der Waals surface area contributed by atoms with Gasteiger partial charge in [-0.25, -0.2) is 0 Å². The van der Waals surface area contributed by atoms with Gasteiger partial charge in [0.1, 0.15) is 12.6 Å². The number of rotatable bonds is 7. The third kappa shape index (κ3) is 4.81. The van der Waals surface area contributed by atoms with Crippen molar-refractivity contribution in [1.82, 2.24) is 9.80 Å². The number of hydrogen-bond donors (Lipinski definition) is 1. The molecule has 0 aromatic heterocycles. The van der Waals surface area contributed by atoms with Gasteiger partial charge in [0.05, 0.1) is 16.1 Å². The summed E-state index contributed by atoms with van der Waals surface area (Å²) in [6, 6.07) is 15.9. The maximum atomic E-state index is 13.5. The molecule has 0 saturated carbocycles. The molecule has 1 aliphatic rings. The first-order valence-corrected chi connectivity index (χ1v) is 11.4. The number of hydrogen-bond acceptors (Lipinski definition) is 6. The molecule has 1 heterocycles. The van der Waals surface area contributed by atoms with Crippen LogP contribution in [-0.4, -0.2) is 51.9 Å². The lowest BCUT2D eigenvalue weighted by molar-refractivity contribution is -0.384. The summed E-state index contributed by atoms with van der Waals surface area (Å²) in [4.78, 5) is 64.9. The minimum absolute atomic E-state index is 0.169. The second kappa shape index (κ2) is 10.0. The van der Waals surface area contributed by atoms with Crippen molar-refractivity contribution in [2.75, 3.05) is 18.9 Å². The Hall–Kier alpha value is -4.86. The van der Waals surface area contributed by atoms with Crippen molar-refractivity contribution >= 4 is 35.0 Å². The number of para-hydroxylation sites is 1. The summed E-state index contributed by atoms with van der Waals surface area (Å²) in [5.41, 5.74) is 2.79. The highest BCUT2D eigenvalue weighted by atomic mass is 16.6. The predicted octanol–water partition coefficient (Wildman–Crippen LogP) is 3.65. The van der Waals surface area contributed by atoms with Crippen molar-refractivity contribution in [2.24, 2.45) is 0 Å². The molecule has 10 heteroatoms. The molecule has 0 fully saturated rings. The molecule has 0 bridgehead atoms. The highest BCUT2D eigenvalue weighted by Gasteiger charge is 2.38. The SMILES string of the molecule is Cc1cccc(C)c1NC(=O)[C@H](c1ccc([N+](=O)[O-])cc1)N(C)C(=O)CN1C(=O)c2ccccc2C1=O. The number of carbonyl (C=O) groups excluding carboxylic acids is 4. The number of nitro groups is 1. The van der Waals surface area contributed by atoms with Gasteiger partial charge >= 0.3 is 0 Å². The number of nitrogens with one attached hydrogen (secondary N) is 1. The van der Waals surface area contributed by atoms with E-state index < -0.39 is 41.1 Å². The van der Waals surface area contributed by atoms with Crippen LogP contribution in [0.3, 0.4) is 0 Å². The van der Waals surface area contributed by atoms with Gasteiger partial charge in [0.15, 0.2) is 0 Å². The van der Waals surface area contributed by atoms with E-state index in [1.807, 2.05) is 32.0 Å². The predicted molar refractivity (Wildman–Crippen MR) is 135 cm³/mol. The van der Waals surface area contributed by atoms with Gasteiger partial charge < -0.3 is 10.2 Å². The molecule has 0 radical (unpaired) electrons. The molecule has 4 rings (SSSR count). The van der Waals surface area contributed by atoms with Crippen molar-refractivity contribution in [2.45, 2.75) is 19.9 Å². The molecule has 37 heavy (non-hydrogen) atoms. The van der Waals surface area contributed by atoms with Crippen LogP contribution >= 0.6 is 0 Å². The normalized spacial score (nSPS) is 13.2. The molecule has 10 nitrogen and oxygen atoms in total. The number of fused-ring (bicyclic) bond motifs is 1. The standard InChI is InChI=1S/C27H24N4O6/c1-16-7-6-8-17(2)23(16)28-25(33)24(18-11-13-19(14-12-18)31(36)37)29(3)22(32)15-30-26(34)20-9-4-5-10-21(20)27(30)35/h4-14,24H,15H2,1-3H3,(H,28,33)/t24-/m0/s1. The van der Waals surface area contributed by atoms with E-state index in [1.54, 1.807) is 12.1 Å². The quantitative estimate of drug-likeness (QED) is 0.299. The van der Waals surface area contributed by atoms with Gasteiger partial charge in [0, 0.05) is 24.9 Å². The minimum Gasteiger partial charge on any atom is -0.328 e. The third-order valence-electron chi connectivity index (χ3n) is 6.35. The Balaban J connectivity index is 1.64. The number of carbonyl (C=O) groups is 4. The van der Waals surface area contributed by atoms with Crippen LogP contribution in [0.1, 0.15) is 43.4 Å². The Morgan fingerprint density at radius 3 is 1.97 bits per heavy atom. The van der Waals surface area contributed by atoms with E-state index in [9.17, 15) is 29.3 Å². The number of imide groups is 1. The Bertz CT molecular complexity index is 1380. The average molecular weight is 501 g/mol. The first-order chi connectivity index (χ1) is 17.6. The monoisotopic (exact) mass is 500 g/mol. The number of nitrogens with zero attached hydrogens (tertiary/aromatic N) is 3. The van der Waals surface area contributed by atoms with E-state index in [-0.39, 0.29) is 16.8 Å². The molecule has 1 N–H and O–H groups in total. The smallest absolute Gasteiger partial charge is 0.269 e. The van der Waals surface area contributed by atoms with E-state index in [2.05, 4.69) is 5.32 Å². The van der Waals surface area contributed by atoms with Gasteiger partial charge in [0.25, 0.3) is 23.4 Å². The third-order valence-corrected chi connectivity index (χ3v) is 6.35. The lowest BCUT2D eigenvalue weighted by Crippen LogP contribution is -2.45. The van der Waals surface area contributed by atoms with Gasteiger partial charge in [-0.1, -0.05) is 30.3 Å². The molecule has 4 amide bonds. The van der Waals surface area contributed by atoms with Crippen LogP contribution in [0.5, 0.6) is 0 Å². The van der Waals surface area contributed by atoms with Crippen molar-refractivity contribution in [1.29, 1.82) is 0 Å². The van der Waals surface area contributed by atoms with Gasteiger partial charge in [0.2, 0.25) is 5.91 Å². The number of likely N-dealkylation sites (N-methyl/N-ethyl adjacent to an activating group) is 1. The Kier molecular flexibility index (Phi) is 6.83. The molecule has 3 aromatic carbocycles. The topological polar surface area (TPSA) is 130 Å². The summed E-state index contributed by atoms with van der Waals surface area (Å²) in [5, 5.41) is 14.0. The molecule has 1 aliphatic heterocycles. The van der Waals surface area contributed by atoms with Crippen molar-refractivity contribution in [3.8, 4) is 0 Å². The number of non-ortho nitro benzene ring substituents is 1.